The van der Waals surface area contributed by atoms with Crippen molar-refractivity contribution < 1.29 is 0 Å². The third kappa shape index (κ3) is 5.74. The van der Waals surface area contributed by atoms with Crippen LogP contribution in [0.5, 0.6) is 0 Å². The van der Waals surface area contributed by atoms with Crippen LogP contribution in [-0.4, -0.2) is 0 Å². The molecule has 0 bridgehead atoms. The summed E-state index contributed by atoms with van der Waals surface area (Å²) < 4.78 is 0. The molecule has 0 aromatic heterocycles. The first-order valence-corrected chi connectivity index (χ1v) is 22.7. The molecular weight excluding hydrogens is 785 g/mol. The van der Waals surface area contributed by atoms with Crippen LogP contribution in [0.25, 0.3) is 77.9 Å². The molecule has 2 heterocycles. The molecule has 13 rings (SSSR count). The fourth-order valence-electron chi connectivity index (χ4n) is 11.0. The van der Waals surface area contributed by atoms with E-state index in [9.17, 15) is 0 Å². The lowest BCUT2D eigenvalue weighted by Crippen LogP contribution is -2.25. The number of hydrogen-bond acceptors (Lipinski definition) is 2. The van der Waals surface area contributed by atoms with Crippen LogP contribution in [-0.2, 0) is 5.41 Å². The second-order valence-corrected chi connectivity index (χ2v) is 18.1. The lowest BCUT2D eigenvalue weighted by molar-refractivity contribution is 0.660. The first-order chi connectivity index (χ1) is 32.0. The number of nitrogens with zero attached hydrogens (tertiary/aromatic N) is 2. The summed E-state index contributed by atoms with van der Waals surface area (Å²) in [5.74, 6) is 0. The Balaban J connectivity index is 1.10. The van der Waals surface area contributed by atoms with Crippen molar-refractivity contribution in [3.05, 3.63) is 242 Å². The molecule has 0 unspecified atom stereocenters. The zero-order valence-electron chi connectivity index (χ0n) is 36.3. The van der Waals surface area contributed by atoms with E-state index in [1.807, 2.05) is 0 Å². The molecule has 1 aliphatic carbocycles. The molecular formula is C63H44N2. The predicted molar refractivity (Wildman–Crippen MR) is 273 cm³/mol. The van der Waals surface area contributed by atoms with Crippen LogP contribution in [0.1, 0.15) is 25.0 Å². The third-order valence-corrected chi connectivity index (χ3v) is 14.1. The molecule has 0 fully saturated rings. The normalized spacial score (nSPS) is 13.4. The molecule has 2 heteroatoms. The van der Waals surface area contributed by atoms with Gasteiger partial charge in [-0.3, -0.25) is 0 Å². The van der Waals surface area contributed by atoms with Crippen LogP contribution in [0.2, 0.25) is 0 Å². The van der Waals surface area contributed by atoms with Crippen LogP contribution in [0.15, 0.2) is 231 Å². The summed E-state index contributed by atoms with van der Waals surface area (Å²) in [6, 6.07) is 85.4. The summed E-state index contributed by atoms with van der Waals surface area (Å²) in [5.41, 5.74) is 26.6. The zero-order valence-corrected chi connectivity index (χ0v) is 36.3. The lowest BCUT2D eigenvalue weighted by Gasteiger charge is -2.42. The van der Waals surface area contributed by atoms with E-state index >= 15 is 0 Å². The van der Waals surface area contributed by atoms with Crippen LogP contribution in [0.4, 0.5) is 34.1 Å². The number of anilines is 6. The van der Waals surface area contributed by atoms with Gasteiger partial charge in [0, 0.05) is 22.1 Å². The van der Waals surface area contributed by atoms with Gasteiger partial charge in [-0.25, -0.2) is 0 Å². The smallest absolute Gasteiger partial charge is 0.0783 e. The van der Waals surface area contributed by atoms with Gasteiger partial charge in [-0.1, -0.05) is 190 Å². The Labute approximate surface area is 381 Å². The quantitative estimate of drug-likeness (QED) is 0.171. The van der Waals surface area contributed by atoms with E-state index in [-0.39, 0.29) is 5.41 Å². The molecule has 0 atom stereocenters. The van der Waals surface area contributed by atoms with Gasteiger partial charge in [-0.15, -0.1) is 0 Å². The second kappa shape index (κ2) is 14.4. The third-order valence-electron chi connectivity index (χ3n) is 14.1. The Kier molecular flexibility index (Phi) is 8.29. The highest BCUT2D eigenvalue weighted by molar-refractivity contribution is 6.14. The van der Waals surface area contributed by atoms with E-state index in [1.165, 1.54) is 100 Å². The summed E-state index contributed by atoms with van der Waals surface area (Å²) in [4.78, 5) is 5.13. The SMILES string of the molecule is CC1(C)c2ccccc2-c2c(N3c4ccccc4N4c5ccc(-c6cccc(-c7ccccc7)c6)cc5-c5ccccc5-c5cc(-c6cccc(-c7ccccc7)c6)cc3c54)cccc21. The highest BCUT2D eigenvalue weighted by Gasteiger charge is 2.41. The zero-order chi connectivity index (χ0) is 43.2. The molecule has 2 aliphatic heterocycles. The fraction of sp³-hybridized carbons (Fsp3) is 0.0476. The van der Waals surface area contributed by atoms with Gasteiger partial charge in [0.05, 0.1) is 34.1 Å². The summed E-state index contributed by atoms with van der Waals surface area (Å²) in [5, 5.41) is 0. The molecule has 10 aromatic rings. The number of rotatable bonds is 5. The van der Waals surface area contributed by atoms with Crippen molar-refractivity contribution in [1.29, 1.82) is 0 Å². The maximum absolute atomic E-state index is 2.57. The van der Waals surface area contributed by atoms with Gasteiger partial charge >= 0.3 is 0 Å². The lowest BCUT2D eigenvalue weighted by atomic mass is 9.82. The average molecular weight is 829 g/mol. The number of hydrogen-bond donors (Lipinski definition) is 0. The minimum absolute atomic E-state index is 0.143. The Morgan fingerprint density at radius 3 is 1.40 bits per heavy atom. The number of para-hydroxylation sites is 2. The molecule has 0 radical (unpaired) electrons. The number of benzene rings is 10. The van der Waals surface area contributed by atoms with Crippen molar-refractivity contribution in [3.63, 3.8) is 0 Å². The first-order valence-electron chi connectivity index (χ1n) is 22.7. The van der Waals surface area contributed by atoms with Crippen molar-refractivity contribution in [2.45, 2.75) is 19.3 Å². The van der Waals surface area contributed by atoms with E-state index in [2.05, 4.69) is 254 Å². The average Bonchev–Trinajstić information content (AvgIpc) is 3.53. The first kappa shape index (κ1) is 37.4. The van der Waals surface area contributed by atoms with Crippen LogP contribution in [0, 0.1) is 0 Å². The Morgan fingerprint density at radius 2 is 0.723 bits per heavy atom. The van der Waals surface area contributed by atoms with E-state index in [0.717, 1.165) is 22.7 Å². The Bertz CT molecular complexity index is 3530. The molecule has 0 saturated carbocycles. The van der Waals surface area contributed by atoms with Crippen molar-refractivity contribution in [2.75, 3.05) is 9.80 Å². The van der Waals surface area contributed by atoms with Gasteiger partial charge in [-0.2, -0.15) is 0 Å². The van der Waals surface area contributed by atoms with Crippen LogP contribution < -0.4 is 9.80 Å². The molecule has 2 nitrogen and oxygen atoms in total. The van der Waals surface area contributed by atoms with Crippen molar-refractivity contribution in [2.24, 2.45) is 0 Å². The maximum Gasteiger partial charge on any atom is 0.0783 e. The van der Waals surface area contributed by atoms with Crippen LogP contribution >= 0.6 is 0 Å². The maximum atomic E-state index is 2.57. The van der Waals surface area contributed by atoms with Gasteiger partial charge in [0.15, 0.2) is 0 Å². The largest absolute Gasteiger partial charge is 0.306 e. The molecule has 65 heavy (non-hydrogen) atoms. The van der Waals surface area contributed by atoms with Crippen molar-refractivity contribution in [3.8, 4) is 77.9 Å². The topological polar surface area (TPSA) is 6.48 Å². The highest BCUT2D eigenvalue weighted by atomic mass is 15.3. The van der Waals surface area contributed by atoms with Gasteiger partial charge in [-0.05, 0) is 127 Å². The standard InChI is InChI=1S/C63H44N2/c1-63(2)54-29-12-11-28-51(54)61-55(63)30-17-33-59(61)64-57-31-13-14-32-58(57)65-56-35-34-47(45-24-15-22-43(36-45)41-18-5-3-6-19-41)38-52(56)49-26-9-10-27-50(49)53-39-48(40-60(64)62(53)65)46-25-16-23-44(37-46)42-20-7-4-8-21-42/h3-40H,1-2H3. The van der Waals surface area contributed by atoms with Crippen LogP contribution in [0.3, 0.4) is 0 Å². The summed E-state index contributed by atoms with van der Waals surface area (Å²) in [6.45, 7) is 4.75. The highest BCUT2D eigenvalue weighted by Crippen LogP contribution is 2.64. The molecule has 0 saturated heterocycles. The van der Waals surface area contributed by atoms with Gasteiger partial charge in [0.25, 0.3) is 0 Å². The molecule has 3 aliphatic rings. The molecule has 306 valence electrons. The Morgan fingerprint density at radius 1 is 0.262 bits per heavy atom. The molecule has 0 N–H and O–H groups in total. The Hall–Kier alpha value is -8.20. The predicted octanol–water partition coefficient (Wildman–Crippen LogP) is 17.6. The van der Waals surface area contributed by atoms with E-state index in [0.29, 0.717) is 0 Å². The van der Waals surface area contributed by atoms with E-state index < -0.39 is 0 Å². The molecule has 10 aromatic carbocycles. The van der Waals surface area contributed by atoms with Gasteiger partial charge in [0.2, 0.25) is 0 Å². The summed E-state index contributed by atoms with van der Waals surface area (Å²) in [7, 11) is 0. The second-order valence-electron chi connectivity index (χ2n) is 18.1. The molecule has 0 spiro atoms. The fourth-order valence-corrected chi connectivity index (χ4v) is 11.0. The summed E-state index contributed by atoms with van der Waals surface area (Å²) in [6.07, 6.45) is 0. The van der Waals surface area contributed by atoms with Gasteiger partial charge < -0.3 is 9.80 Å². The minimum atomic E-state index is -0.143. The summed E-state index contributed by atoms with van der Waals surface area (Å²) >= 11 is 0. The van der Waals surface area contributed by atoms with E-state index in [1.54, 1.807) is 0 Å². The molecule has 0 amide bonds. The van der Waals surface area contributed by atoms with Gasteiger partial charge in [0.1, 0.15) is 0 Å². The van der Waals surface area contributed by atoms with Crippen molar-refractivity contribution in [1.82, 2.24) is 0 Å². The number of fused-ring (bicyclic) bond motifs is 10. The monoisotopic (exact) mass is 828 g/mol. The van der Waals surface area contributed by atoms with Crippen molar-refractivity contribution >= 4 is 34.1 Å². The minimum Gasteiger partial charge on any atom is -0.306 e. The van der Waals surface area contributed by atoms with E-state index in [4.69, 9.17) is 0 Å².